The minimum Gasteiger partial charge on any atom is -0.354 e. The van der Waals surface area contributed by atoms with Crippen LogP contribution in [0, 0.1) is 0 Å². The number of piperidine rings is 1. The van der Waals surface area contributed by atoms with Crippen molar-refractivity contribution in [2.75, 3.05) is 6.54 Å². The van der Waals surface area contributed by atoms with Crippen LogP contribution in [-0.2, 0) is 10.3 Å². The van der Waals surface area contributed by atoms with Crippen LogP contribution in [-0.4, -0.2) is 34.2 Å². The zero-order valence-electron chi connectivity index (χ0n) is 13.5. The van der Waals surface area contributed by atoms with Crippen LogP contribution in [0.25, 0.3) is 0 Å². The van der Waals surface area contributed by atoms with Gasteiger partial charge in [0.15, 0.2) is 0 Å². The van der Waals surface area contributed by atoms with E-state index in [-0.39, 0.29) is 17.4 Å². The summed E-state index contributed by atoms with van der Waals surface area (Å²) < 4.78 is 1.79. The van der Waals surface area contributed by atoms with Crippen molar-refractivity contribution in [3.8, 4) is 0 Å². The summed E-state index contributed by atoms with van der Waals surface area (Å²) in [6, 6.07) is 1.45. The summed E-state index contributed by atoms with van der Waals surface area (Å²) in [5, 5.41) is 10.3. The van der Waals surface area contributed by atoms with Gasteiger partial charge in [0.2, 0.25) is 5.91 Å². The number of rotatable bonds is 3. The normalized spacial score (nSPS) is 22.3. The number of hydrogen-bond acceptors (Lipinski definition) is 3. The Hall–Kier alpha value is -1.85. The van der Waals surface area contributed by atoms with Gasteiger partial charge in [0, 0.05) is 12.5 Å². The third-order valence-electron chi connectivity index (χ3n) is 4.18. The van der Waals surface area contributed by atoms with Crippen LogP contribution in [0.4, 0.5) is 0 Å². The molecule has 2 amide bonds. The fraction of sp³-hybridized carbons (Fsp3) is 0.688. The maximum absolute atomic E-state index is 12.6. The third kappa shape index (κ3) is 3.00. The highest BCUT2D eigenvalue weighted by Crippen LogP contribution is 2.40. The molecule has 120 valence electrons. The molecular weight excluding hydrogens is 280 g/mol. The Morgan fingerprint density at radius 3 is 2.68 bits per heavy atom. The molecule has 1 saturated heterocycles. The third-order valence-corrected chi connectivity index (χ3v) is 4.18. The summed E-state index contributed by atoms with van der Waals surface area (Å²) in [7, 11) is 0. The van der Waals surface area contributed by atoms with E-state index in [2.05, 4.69) is 15.7 Å². The smallest absolute Gasteiger partial charge is 0.270 e. The molecule has 1 aromatic rings. The van der Waals surface area contributed by atoms with E-state index in [1.165, 1.54) is 0 Å². The van der Waals surface area contributed by atoms with E-state index in [1.807, 2.05) is 26.8 Å². The molecule has 2 N–H and O–H groups in total. The molecule has 0 aromatic carbocycles. The van der Waals surface area contributed by atoms with Crippen molar-refractivity contribution in [3.05, 3.63) is 17.5 Å². The molecule has 1 saturated carbocycles. The Labute approximate surface area is 130 Å². The Bertz CT molecular complexity index is 596. The molecule has 0 bridgehead atoms. The van der Waals surface area contributed by atoms with Gasteiger partial charge in [-0.15, -0.1) is 0 Å². The molecule has 3 rings (SSSR count). The van der Waals surface area contributed by atoms with Crippen molar-refractivity contribution in [2.24, 2.45) is 0 Å². The molecular formula is C16H24N4O2. The van der Waals surface area contributed by atoms with Gasteiger partial charge in [-0.1, -0.05) is 0 Å². The van der Waals surface area contributed by atoms with E-state index in [0.717, 1.165) is 25.0 Å². The Balaban J connectivity index is 1.83. The van der Waals surface area contributed by atoms with Crippen LogP contribution in [0.15, 0.2) is 6.07 Å². The second kappa shape index (κ2) is 5.41. The molecule has 6 heteroatoms. The summed E-state index contributed by atoms with van der Waals surface area (Å²) in [6.45, 7) is 6.78. The van der Waals surface area contributed by atoms with E-state index >= 15 is 0 Å². The van der Waals surface area contributed by atoms with E-state index in [4.69, 9.17) is 0 Å². The lowest BCUT2D eigenvalue weighted by molar-refractivity contribution is -0.124. The van der Waals surface area contributed by atoms with E-state index in [1.54, 1.807) is 4.68 Å². The number of nitrogens with zero attached hydrogens (tertiary/aromatic N) is 2. The first kappa shape index (κ1) is 15.1. The van der Waals surface area contributed by atoms with Crippen molar-refractivity contribution in [1.82, 2.24) is 20.4 Å². The number of carbonyl (C=O) groups is 2. The first-order chi connectivity index (χ1) is 10.4. The van der Waals surface area contributed by atoms with Gasteiger partial charge in [0.25, 0.3) is 5.91 Å². The largest absolute Gasteiger partial charge is 0.354 e. The highest BCUT2D eigenvalue weighted by molar-refractivity contribution is 5.96. The van der Waals surface area contributed by atoms with Gasteiger partial charge < -0.3 is 10.6 Å². The summed E-state index contributed by atoms with van der Waals surface area (Å²) in [6.07, 6.45) is 3.87. The number of nitrogens with one attached hydrogen (secondary N) is 2. The van der Waals surface area contributed by atoms with Crippen LogP contribution in [0.2, 0.25) is 0 Å². The number of carbonyl (C=O) groups excluding carboxylic acids is 2. The average Bonchev–Trinajstić information content (AvgIpc) is 3.18. The predicted molar refractivity (Wildman–Crippen MR) is 82.7 cm³/mol. The summed E-state index contributed by atoms with van der Waals surface area (Å²) >= 11 is 0. The maximum Gasteiger partial charge on any atom is 0.270 e. The molecule has 2 heterocycles. The van der Waals surface area contributed by atoms with Crippen molar-refractivity contribution < 1.29 is 9.59 Å². The molecule has 1 aromatic heterocycles. The van der Waals surface area contributed by atoms with Crippen molar-refractivity contribution in [1.29, 1.82) is 0 Å². The van der Waals surface area contributed by atoms with E-state index < -0.39 is 6.04 Å². The molecule has 0 radical (unpaired) electrons. The van der Waals surface area contributed by atoms with Crippen LogP contribution >= 0.6 is 0 Å². The highest BCUT2D eigenvalue weighted by Gasteiger charge is 2.32. The molecule has 0 spiro atoms. The SMILES string of the molecule is CC(C)(C)n1nc(C2CC2)cc1C(=O)N[C@H]1CCCNC1=O. The number of amides is 2. The number of hydrogen-bond donors (Lipinski definition) is 2. The first-order valence-electron chi connectivity index (χ1n) is 8.05. The van der Waals surface area contributed by atoms with Gasteiger partial charge in [-0.05, 0) is 52.5 Å². The van der Waals surface area contributed by atoms with Crippen LogP contribution in [0.3, 0.4) is 0 Å². The fourth-order valence-corrected chi connectivity index (χ4v) is 2.79. The lowest BCUT2D eigenvalue weighted by Crippen LogP contribution is -2.50. The summed E-state index contributed by atoms with van der Waals surface area (Å²) in [4.78, 5) is 24.4. The molecule has 22 heavy (non-hydrogen) atoms. The van der Waals surface area contributed by atoms with E-state index in [9.17, 15) is 9.59 Å². The zero-order valence-corrected chi connectivity index (χ0v) is 13.5. The maximum atomic E-state index is 12.6. The second-order valence-corrected chi connectivity index (χ2v) is 7.27. The zero-order chi connectivity index (χ0) is 15.9. The van der Waals surface area contributed by atoms with Crippen LogP contribution < -0.4 is 10.6 Å². The minimum atomic E-state index is -0.436. The molecule has 1 aliphatic carbocycles. The second-order valence-electron chi connectivity index (χ2n) is 7.27. The quantitative estimate of drug-likeness (QED) is 0.889. The van der Waals surface area contributed by atoms with Crippen LogP contribution in [0.1, 0.15) is 68.6 Å². The first-order valence-corrected chi connectivity index (χ1v) is 8.05. The Morgan fingerprint density at radius 2 is 2.09 bits per heavy atom. The molecule has 1 atom stereocenters. The van der Waals surface area contributed by atoms with Crippen molar-refractivity contribution in [3.63, 3.8) is 0 Å². The molecule has 1 aliphatic heterocycles. The standard InChI is InChI=1S/C16H24N4O2/c1-16(2,3)20-13(9-12(19-20)10-6-7-10)15(22)18-11-5-4-8-17-14(11)21/h9-11H,4-8H2,1-3H3,(H,17,21)(H,18,22)/t11-/m0/s1. The molecule has 6 nitrogen and oxygen atoms in total. The summed E-state index contributed by atoms with van der Waals surface area (Å²) in [5.41, 5.74) is 1.27. The number of aromatic nitrogens is 2. The van der Waals surface area contributed by atoms with Gasteiger partial charge >= 0.3 is 0 Å². The van der Waals surface area contributed by atoms with Gasteiger partial charge in [-0.2, -0.15) is 5.10 Å². The van der Waals surface area contributed by atoms with Gasteiger partial charge in [-0.25, -0.2) is 0 Å². The average molecular weight is 304 g/mol. The fourth-order valence-electron chi connectivity index (χ4n) is 2.79. The van der Waals surface area contributed by atoms with Gasteiger partial charge in [0.1, 0.15) is 11.7 Å². The Kier molecular flexibility index (Phi) is 3.70. The molecule has 2 aliphatic rings. The lowest BCUT2D eigenvalue weighted by atomic mass is 10.1. The predicted octanol–water partition coefficient (Wildman–Crippen LogP) is 1.52. The van der Waals surface area contributed by atoms with Crippen LogP contribution in [0.5, 0.6) is 0 Å². The molecule has 0 unspecified atom stereocenters. The van der Waals surface area contributed by atoms with Crippen molar-refractivity contribution >= 4 is 11.8 Å². The Morgan fingerprint density at radius 1 is 1.36 bits per heavy atom. The highest BCUT2D eigenvalue weighted by atomic mass is 16.2. The minimum absolute atomic E-state index is 0.0937. The van der Waals surface area contributed by atoms with Gasteiger partial charge in [-0.3, -0.25) is 14.3 Å². The summed E-state index contributed by atoms with van der Waals surface area (Å²) in [5.74, 6) is 0.188. The monoisotopic (exact) mass is 304 g/mol. The van der Waals surface area contributed by atoms with Crippen molar-refractivity contribution in [2.45, 2.75) is 64.0 Å². The lowest BCUT2D eigenvalue weighted by Gasteiger charge is -2.25. The van der Waals surface area contributed by atoms with Gasteiger partial charge in [0.05, 0.1) is 11.2 Å². The molecule has 2 fully saturated rings. The topological polar surface area (TPSA) is 76.0 Å². The van der Waals surface area contributed by atoms with E-state index in [0.29, 0.717) is 24.6 Å².